The van der Waals surface area contributed by atoms with E-state index >= 15 is 0 Å². The van der Waals surface area contributed by atoms with Crippen molar-refractivity contribution in [3.05, 3.63) is 22.0 Å². The zero-order valence-electron chi connectivity index (χ0n) is 3.50. The third kappa shape index (κ3) is 1.38. The van der Waals surface area contributed by atoms with E-state index < -0.39 is 0 Å². The van der Waals surface area contributed by atoms with Crippen molar-refractivity contribution in [1.29, 1.82) is 0 Å². The standard InChI is InChI=1S/C4H3IN2/c5-4-2-1-3-6-7-4/h1-3H. The fourth-order valence-electron chi connectivity index (χ4n) is 0.283. The van der Waals surface area contributed by atoms with Gasteiger partial charge in [-0.3, -0.25) is 0 Å². The molecule has 1 rings (SSSR count). The molecule has 0 saturated carbocycles. The van der Waals surface area contributed by atoms with Crippen LogP contribution in [-0.2, 0) is 0 Å². The molecule has 0 aliphatic rings. The summed E-state index contributed by atoms with van der Waals surface area (Å²) >= 11 is 2.11. The molecule has 1 heterocycles. The van der Waals surface area contributed by atoms with E-state index in [1.807, 2.05) is 12.1 Å². The minimum absolute atomic E-state index is 0.931. The van der Waals surface area contributed by atoms with E-state index in [-0.39, 0.29) is 0 Å². The van der Waals surface area contributed by atoms with E-state index in [4.69, 9.17) is 0 Å². The molecule has 36 valence electrons. The number of aromatic nitrogens is 2. The second-order valence-corrected chi connectivity index (χ2v) is 2.15. The van der Waals surface area contributed by atoms with Crippen molar-refractivity contribution in [2.75, 3.05) is 0 Å². The first-order chi connectivity index (χ1) is 3.39. The molecule has 7 heavy (non-hydrogen) atoms. The van der Waals surface area contributed by atoms with Crippen LogP contribution in [0.25, 0.3) is 0 Å². The summed E-state index contributed by atoms with van der Waals surface area (Å²) in [4.78, 5) is 0. The van der Waals surface area contributed by atoms with Crippen molar-refractivity contribution in [3.63, 3.8) is 0 Å². The Morgan fingerprint density at radius 3 is 2.71 bits per heavy atom. The zero-order valence-corrected chi connectivity index (χ0v) is 5.66. The molecular formula is C4H3IN2. The lowest BCUT2D eigenvalue weighted by Crippen LogP contribution is -1.79. The second-order valence-electron chi connectivity index (χ2n) is 1.05. The Hall–Kier alpha value is -0.190. The number of halogens is 1. The molecule has 0 aliphatic carbocycles. The Morgan fingerprint density at radius 1 is 1.57 bits per heavy atom. The maximum Gasteiger partial charge on any atom is 0.123 e. The van der Waals surface area contributed by atoms with Crippen LogP contribution in [0.2, 0.25) is 0 Å². The summed E-state index contributed by atoms with van der Waals surface area (Å²) in [6.45, 7) is 0. The van der Waals surface area contributed by atoms with Crippen molar-refractivity contribution in [2.45, 2.75) is 0 Å². The normalized spacial score (nSPS) is 8.71. The van der Waals surface area contributed by atoms with Crippen LogP contribution >= 0.6 is 22.6 Å². The molecule has 0 N–H and O–H groups in total. The van der Waals surface area contributed by atoms with Gasteiger partial charge in [0, 0.05) is 6.20 Å². The van der Waals surface area contributed by atoms with Gasteiger partial charge in [-0.1, -0.05) is 0 Å². The Balaban J connectivity index is 3.02. The van der Waals surface area contributed by atoms with Gasteiger partial charge in [-0.25, -0.2) is 0 Å². The Morgan fingerprint density at radius 2 is 2.43 bits per heavy atom. The van der Waals surface area contributed by atoms with E-state index in [0.717, 1.165) is 3.70 Å². The van der Waals surface area contributed by atoms with Crippen LogP contribution in [-0.4, -0.2) is 10.2 Å². The molecule has 0 bridgehead atoms. The molecule has 1 aromatic rings. The van der Waals surface area contributed by atoms with E-state index in [1.165, 1.54) is 0 Å². The number of nitrogens with zero attached hydrogens (tertiary/aromatic N) is 2. The molecule has 2 nitrogen and oxygen atoms in total. The minimum Gasteiger partial charge on any atom is -0.158 e. The van der Waals surface area contributed by atoms with E-state index in [2.05, 4.69) is 32.8 Å². The molecule has 1 aromatic heterocycles. The summed E-state index contributed by atoms with van der Waals surface area (Å²) in [7, 11) is 0. The second kappa shape index (κ2) is 2.20. The molecule has 0 radical (unpaired) electrons. The first-order valence-electron chi connectivity index (χ1n) is 1.83. The average Bonchev–Trinajstić information content (AvgIpc) is 1.69. The summed E-state index contributed by atoms with van der Waals surface area (Å²) in [6.07, 6.45) is 1.65. The van der Waals surface area contributed by atoms with Crippen molar-refractivity contribution < 1.29 is 0 Å². The SMILES string of the molecule is Ic1cccnn1. The summed E-state index contributed by atoms with van der Waals surface area (Å²) in [5.74, 6) is 0. The van der Waals surface area contributed by atoms with Gasteiger partial charge in [0.1, 0.15) is 3.70 Å². The highest BCUT2D eigenvalue weighted by molar-refractivity contribution is 14.1. The van der Waals surface area contributed by atoms with E-state index in [9.17, 15) is 0 Å². The smallest absolute Gasteiger partial charge is 0.123 e. The highest BCUT2D eigenvalue weighted by Gasteiger charge is 1.77. The molecule has 3 heteroatoms. The first-order valence-corrected chi connectivity index (χ1v) is 2.90. The number of hydrogen-bond acceptors (Lipinski definition) is 2. The maximum absolute atomic E-state index is 3.72. The monoisotopic (exact) mass is 206 g/mol. The molecule has 0 aliphatic heterocycles. The van der Waals surface area contributed by atoms with Crippen LogP contribution in [0.4, 0.5) is 0 Å². The van der Waals surface area contributed by atoms with E-state index in [1.54, 1.807) is 6.20 Å². The lowest BCUT2D eigenvalue weighted by Gasteiger charge is -1.78. The van der Waals surface area contributed by atoms with Gasteiger partial charge in [0.05, 0.1) is 0 Å². The third-order valence-electron chi connectivity index (χ3n) is 0.540. The number of hydrogen-bond donors (Lipinski definition) is 0. The number of rotatable bonds is 0. The summed E-state index contributed by atoms with van der Waals surface area (Å²) in [5.41, 5.74) is 0. The van der Waals surface area contributed by atoms with Crippen LogP contribution < -0.4 is 0 Å². The van der Waals surface area contributed by atoms with Crippen LogP contribution in [0.5, 0.6) is 0 Å². The van der Waals surface area contributed by atoms with Gasteiger partial charge >= 0.3 is 0 Å². The van der Waals surface area contributed by atoms with Crippen LogP contribution in [0.1, 0.15) is 0 Å². The van der Waals surface area contributed by atoms with Crippen LogP contribution in [0.3, 0.4) is 0 Å². The summed E-state index contributed by atoms with van der Waals surface area (Å²) < 4.78 is 0.931. The van der Waals surface area contributed by atoms with Gasteiger partial charge in [-0.2, -0.15) is 5.10 Å². The average molecular weight is 206 g/mol. The van der Waals surface area contributed by atoms with Crippen molar-refractivity contribution in [1.82, 2.24) is 10.2 Å². The molecule has 0 unspecified atom stereocenters. The van der Waals surface area contributed by atoms with Crippen molar-refractivity contribution in [3.8, 4) is 0 Å². The highest BCUT2D eigenvalue weighted by Crippen LogP contribution is 1.92. The van der Waals surface area contributed by atoms with Gasteiger partial charge in [0.2, 0.25) is 0 Å². The zero-order chi connectivity index (χ0) is 5.11. The van der Waals surface area contributed by atoms with Crippen LogP contribution in [0.15, 0.2) is 18.3 Å². The summed E-state index contributed by atoms with van der Waals surface area (Å²) in [5, 5.41) is 7.34. The Labute approximate surface area is 55.1 Å². The molecule has 0 amide bonds. The van der Waals surface area contributed by atoms with Crippen molar-refractivity contribution >= 4 is 22.6 Å². The van der Waals surface area contributed by atoms with Gasteiger partial charge in [0.15, 0.2) is 0 Å². The predicted octanol–water partition coefficient (Wildman–Crippen LogP) is 1.08. The third-order valence-corrected chi connectivity index (χ3v) is 1.12. The maximum atomic E-state index is 3.72. The molecule has 0 atom stereocenters. The first kappa shape index (κ1) is 4.96. The topological polar surface area (TPSA) is 25.8 Å². The fraction of sp³-hybridized carbons (Fsp3) is 0. The van der Waals surface area contributed by atoms with Crippen LogP contribution in [0, 0.1) is 3.70 Å². The summed E-state index contributed by atoms with van der Waals surface area (Å²) in [6, 6.07) is 3.75. The lowest BCUT2D eigenvalue weighted by atomic mass is 10.6. The van der Waals surface area contributed by atoms with Gasteiger partial charge < -0.3 is 0 Å². The largest absolute Gasteiger partial charge is 0.158 e. The molecular weight excluding hydrogens is 203 g/mol. The molecule has 0 saturated heterocycles. The van der Waals surface area contributed by atoms with Gasteiger partial charge in [-0.15, -0.1) is 5.10 Å². The minimum atomic E-state index is 0.931. The van der Waals surface area contributed by atoms with Gasteiger partial charge in [0.25, 0.3) is 0 Å². The fourth-order valence-corrected chi connectivity index (χ4v) is 0.615. The molecule has 0 spiro atoms. The van der Waals surface area contributed by atoms with Crippen molar-refractivity contribution in [2.24, 2.45) is 0 Å². The lowest BCUT2D eigenvalue weighted by molar-refractivity contribution is 1.00. The highest BCUT2D eigenvalue weighted by atomic mass is 127. The molecule has 0 fully saturated rings. The predicted molar refractivity (Wildman–Crippen MR) is 34.7 cm³/mol. The quantitative estimate of drug-likeness (QED) is 0.593. The van der Waals surface area contributed by atoms with E-state index in [0.29, 0.717) is 0 Å². The molecule has 0 aromatic carbocycles. The Bertz CT molecular complexity index is 140. The Kier molecular flexibility index (Phi) is 1.56. The van der Waals surface area contributed by atoms with Gasteiger partial charge in [-0.05, 0) is 34.7 Å².